The molecule has 21 heavy (non-hydrogen) atoms. The van der Waals surface area contributed by atoms with Crippen molar-refractivity contribution in [3.8, 4) is 0 Å². The average molecular weight is 324 g/mol. The van der Waals surface area contributed by atoms with E-state index in [0.717, 1.165) is 10.4 Å². The first-order chi connectivity index (χ1) is 9.75. The largest absolute Gasteiger partial charge is 0.447 e. The van der Waals surface area contributed by atoms with E-state index in [0.29, 0.717) is 12.3 Å². The molecule has 0 atom stereocenters. The first-order valence-electron chi connectivity index (χ1n) is 6.25. The zero-order chi connectivity index (χ0) is 15.7. The van der Waals surface area contributed by atoms with E-state index in [2.05, 4.69) is 5.32 Å². The summed E-state index contributed by atoms with van der Waals surface area (Å²) in [6.07, 6.45) is -3.86. The van der Waals surface area contributed by atoms with Gasteiger partial charge < -0.3 is 9.73 Å². The summed E-state index contributed by atoms with van der Waals surface area (Å²) in [6.45, 7) is -0.150. The minimum absolute atomic E-state index is 0.213. The zero-order valence-electron chi connectivity index (χ0n) is 11.3. The van der Waals surface area contributed by atoms with Gasteiger partial charge in [0.25, 0.3) is 10.0 Å². The number of hydrogen-bond acceptors (Lipinski definition) is 4. The van der Waals surface area contributed by atoms with Crippen LogP contribution in [0.4, 0.5) is 13.2 Å². The van der Waals surface area contributed by atoms with Gasteiger partial charge in [-0.3, -0.25) is 0 Å². The highest BCUT2D eigenvalue weighted by Crippen LogP contribution is 2.31. The van der Waals surface area contributed by atoms with E-state index in [1.165, 1.54) is 12.1 Å². The lowest BCUT2D eigenvalue weighted by atomic mass is 10.1. The fourth-order valence-electron chi connectivity index (χ4n) is 2.02. The van der Waals surface area contributed by atoms with Crippen molar-refractivity contribution < 1.29 is 26.0 Å². The molecule has 0 aliphatic carbocycles. The van der Waals surface area contributed by atoms with Crippen molar-refractivity contribution in [2.45, 2.75) is 24.2 Å². The Labute approximate surface area is 120 Å². The minimum Gasteiger partial charge on any atom is -0.447 e. The van der Waals surface area contributed by atoms with Crippen LogP contribution in [-0.4, -0.2) is 39.0 Å². The second-order valence-corrected chi connectivity index (χ2v) is 6.46. The van der Waals surface area contributed by atoms with Gasteiger partial charge in [-0.25, -0.2) is 8.42 Å². The Bertz CT molecular complexity index is 634. The minimum atomic E-state index is -4.40. The Morgan fingerprint density at radius 1 is 1.38 bits per heavy atom. The predicted molar refractivity (Wildman–Crippen MR) is 69.0 cm³/mol. The molecule has 0 amide bonds. The van der Waals surface area contributed by atoms with Crippen LogP contribution in [0.3, 0.4) is 0 Å². The number of halogens is 3. The molecule has 0 aromatic carbocycles. The second-order valence-electron chi connectivity index (χ2n) is 4.59. The van der Waals surface area contributed by atoms with Gasteiger partial charge in [0.05, 0.1) is 6.54 Å². The van der Waals surface area contributed by atoms with E-state index in [4.69, 9.17) is 4.42 Å². The molecule has 1 aliphatic heterocycles. The first kappa shape index (κ1) is 16.1. The van der Waals surface area contributed by atoms with Crippen LogP contribution in [0, 0.1) is 0 Å². The van der Waals surface area contributed by atoms with Crippen molar-refractivity contribution in [1.29, 1.82) is 0 Å². The molecule has 5 nitrogen and oxygen atoms in total. The number of nitrogens with one attached hydrogen (secondary N) is 1. The molecule has 1 aliphatic rings. The number of sulfonamides is 1. The maximum absolute atomic E-state index is 12.5. The van der Waals surface area contributed by atoms with Crippen LogP contribution in [0.15, 0.2) is 33.3 Å². The standard InChI is InChI=1S/C12H15F3N2O3S/c1-16-8-10-2-3-11(20-10)21(18,19)17-6-4-9(5-7-17)12(13,14)15/h2-4,16H,5-8H2,1H3. The summed E-state index contributed by atoms with van der Waals surface area (Å²) >= 11 is 0. The summed E-state index contributed by atoms with van der Waals surface area (Å²) in [4.78, 5) is 0. The normalized spacial score (nSPS) is 17.8. The first-order valence-corrected chi connectivity index (χ1v) is 7.69. The molecule has 0 radical (unpaired) electrons. The van der Waals surface area contributed by atoms with Gasteiger partial charge in [-0.1, -0.05) is 6.08 Å². The molecular weight excluding hydrogens is 309 g/mol. The fourth-order valence-corrected chi connectivity index (χ4v) is 3.33. The monoisotopic (exact) mass is 324 g/mol. The Morgan fingerprint density at radius 3 is 2.62 bits per heavy atom. The van der Waals surface area contributed by atoms with E-state index in [-0.39, 0.29) is 24.6 Å². The Morgan fingerprint density at radius 2 is 2.10 bits per heavy atom. The molecule has 0 spiro atoms. The Kier molecular flexibility index (Phi) is 4.45. The van der Waals surface area contributed by atoms with Crippen LogP contribution in [-0.2, 0) is 16.6 Å². The number of furan rings is 1. The van der Waals surface area contributed by atoms with Gasteiger partial charge in [-0.05, 0) is 25.6 Å². The molecule has 0 saturated carbocycles. The molecule has 118 valence electrons. The molecule has 1 aromatic heterocycles. The molecule has 2 rings (SSSR count). The molecule has 0 unspecified atom stereocenters. The van der Waals surface area contributed by atoms with Crippen molar-refractivity contribution >= 4 is 10.0 Å². The summed E-state index contributed by atoms with van der Waals surface area (Å²) in [6, 6.07) is 2.83. The van der Waals surface area contributed by atoms with Crippen LogP contribution in [0.25, 0.3) is 0 Å². The molecule has 9 heteroatoms. The van der Waals surface area contributed by atoms with Crippen LogP contribution in [0.1, 0.15) is 12.2 Å². The number of hydrogen-bond donors (Lipinski definition) is 1. The Balaban J connectivity index is 2.16. The van der Waals surface area contributed by atoms with Gasteiger partial charge >= 0.3 is 6.18 Å². The third-order valence-electron chi connectivity index (χ3n) is 3.12. The van der Waals surface area contributed by atoms with Crippen LogP contribution < -0.4 is 5.32 Å². The molecule has 0 fully saturated rings. The van der Waals surface area contributed by atoms with Gasteiger partial charge in [0, 0.05) is 18.7 Å². The van der Waals surface area contributed by atoms with Crippen LogP contribution in [0.2, 0.25) is 0 Å². The van der Waals surface area contributed by atoms with Gasteiger partial charge in [0.15, 0.2) is 0 Å². The maximum Gasteiger partial charge on any atom is 0.412 e. The summed E-state index contributed by atoms with van der Waals surface area (Å²) in [7, 11) is -2.22. The highest BCUT2D eigenvalue weighted by molar-refractivity contribution is 7.89. The van der Waals surface area contributed by atoms with Crippen molar-refractivity contribution in [2.24, 2.45) is 0 Å². The fraction of sp³-hybridized carbons (Fsp3) is 0.500. The van der Waals surface area contributed by atoms with E-state index in [1.54, 1.807) is 7.05 Å². The Hall–Kier alpha value is -1.32. The third-order valence-corrected chi connectivity index (χ3v) is 4.86. The van der Waals surface area contributed by atoms with Crippen molar-refractivity contribution in [2.75, 3.05) is 20.1 Å². The predicted octanol–water partition coefficient (Wildman–Crippen LogP) is 1.88. The number of alkyl halides is 3. The third kappa shape index (κ3) is 3.47. The summed E-state index contributed by atoms with van der Waals surface area (Å²) < 4.78 is 68.2. The average Bonchev–Trinajstić information content (AvgIpc) is 2.88. The summed E-state index contributed by atoms with van der Waals surface area (Å²) in [5.74, 6) is 0.444. The summed E-state index contributed by atoms with van der Waals surface area (Å²) in [5, 5.41) is 2.56. The lowest BCUT2D eigenvalue weighted by Gasteiger charge is -2.25. The maximum atomic E-state index is 12.5. The second kappa shape index (κ2) is 5.82. The molecule has 1 N–H and O–H groups in total. The lowest BCUT2D eigenvalue weighted by Crippen LogP contribution is -2.36. The van der Waals surface area contributed by atoms with E-state index in [9.17, 15) is 21.6 Å². The quantitative estimate of drug-likeness (QED) is 0.859. The van der Waals surface area contributed by atoms with Crippen LogP contribution >= 0.6 is 0 Å². The number of nitrogens with zero attached hydrogens (tertiary/aromatic N) is 1. The molecule has 1 aromatic rings. The highest BCUT2D eigenvalue weighted by atomic mass is 32.2. The highest BCUT2D eigenvalue weighted by Gasteiger charge is 2.37. The van der Waals surface area contributed by atoms with Gasteiger partial charge in [0.1, 0.15) is 5.76 Å². The topological polar surface area (TPSA) is 62.6 Å². The van der Waals surface area contributed by atoms with E-state index >= 15 is 0 Å². The summed E-state index contributed by atoms with van der Waals surface area (Å²) in [5.41, 5.74) is -0.690. The lowest BCUT2D eigenvalue weighted by molar-refractivity contribution is -0.0953. The SMILES string of the molecule is CNCc1ccc(S(=O)(=O)N2CC=C(C(F)(F)F)CC2)o1. The zero-order valence-corrected chi connectivity index (χ0v) is 12.1. The van der Waals surface area contributed by atoms with Crippen molar-refractivity contribution in [3.63, 3.8) is 0 Å². The molecule has 0 saturated heterocycles. The number of rotatable bonds is 4. The molecular formula is C12H15F3N2O3S. The van der Waals surface area contributed by atoms with Gasteiger partial charge in [0.2, 0.25) is 5.09 Å². The van der Waals surface area contributed by atoms with Crippen molar-refractivity contribution in [3.05, 3.63) is 29.5 Å². The van der Waals surface area contributed by atoms with E-state index < -0.39 is 21.8 Å². The van der Waals surface area contributed by atoms with E-state index in [1.807, 2.05) is 0 Å². The smallest absolute Gasteiger partial charge is 0.412 e. The molecule has 2 heterocycles. The van der Waals surface area contributed by atoms with Gasteiger partial charge in [-0.2, -0.15) is 17.5 Å². The molecule has 0 bridgehead atoms. The van der Waals surface area contributed by atoms with Gasteiger partial charge in [-0.15, -0.1) is 0 Å². The van der Waals surface area contributed by atoms with Crippen molar-refractivity contribution in [1.82, 2.24) is 9.62 Å². The van der Waals surface area contributed by atoms with Crippen LogP contribution in [0.5, 0.6) is 0 Å².